The van der Waals surface area contributed by atoms with E-state index in [1.165, 1.54) is 32.1 Å². The fourth-order valence-corrected chi connectivity index (χ4v) is 2.97. The standard InChI is InChI=1S/C16H28N4/c1-3-4-15-19-14(17)11-16(20-15)18-10-9-13-7-5-12(2)6-8-13/h11-13H,3-10H2,1-2H3,(H3,17,18,19,20). The van der Waals surface area contributed by atoms with Crippen LogP contribution in [0.15, 0.2) is 6.07 Å². The number of nitrogen functional groups attached to an aromatic ring is 1. The second-order valence-electron chi connectivity index (χ2n) is 6.19. The molecule has 0 saturated heterocycles. The summed E-state index contributed by atoms with van der Waals surface area (Å²) < 4.78 is 0. The van der Waals surface area contributed by atoms with Gasteiger partial charge in [0.15, 0.2) is 0 Å². The molecule has 0 unspecified atom stereocenters. The van der Waals surface area contributed by atoms with Crippen molar-refractivity contribution in [2.24, 2.45) is 11.8 Å². The fourth-order valence-electron chi connectivity index (χ4n) is 2.97. The smallest absolute Gasteiger partial charge is 0.133 e. The molecule has 20 heavy (non-hydrogen) atoms. The first-order valence-electron chi connectivity index (χ1n) is 8.04. The summed E-state index contributed by atoms with van der Waals surface area (Å²) in [5.74, 6) is 4.11. The molecule has 1 heterocycles. The van der Waals surface area contributed by atoms with E-state index in [0.29, 0.717) is 5.82 Å². The van der Waals surface area contributed by atoms with Crippen LogP contribution in [-0.4, -0.2) is 16.5 Å². The molecule has 0 aliphatic heterocycles. The molecular formula is C16H28N4. The fraction of sp³-hybridized carbons (Fsp3) is 0.750. The minimum Gasteiger partial charge on any atom is -0.384 e. The Hall–Kier alpha value is -1.32. The van der Waals surface area contributed by atoms with E-state index in [4.69, 9.17) is 5.73 Å². The summed E-state index contributed by atoms with van der Waals surface area (Å²) in [6.45, 7) is 5.48. The van der Waals surface area contributed by atoms with Crippen LogP contribution in [0.2, 0.25) is 0 Å². The zero-order chi connectivity index (χ0) is 14.4. The highest BCUT2D eigenvalue weighted by molar-refractivity contribution is 5.44. The summed E-state index contributed by atoms with van der Waals surface area (Å²) in [7, 11) is 0. The van der Waals surface area contributed by atoms with Gasteiger partial charge in [0.05, 0.1) is 0 Å². The zero-order valence-electron chi connectivity index (χ0n) is 12.9. The van der Waals surface area contributed by atoms with E-state index >= 15 is 0 Å². The number of aromatic nitrogens is 2. The number of hydrogen-bond acceptors (Lipinski definition) is 4. The van der Waals surface area contributed by atoms with Crippen LogP contribution in [0.4, 0.5) is 11.6 Å². The lowest BCUT2D eigenvalue weighted by molar-refractivity contribution is 0.282. The van der Waals surface area contributed by atoms with Crippen LogP contribution in [-0.2, 0) is 6.42 Å². The average molecular weight is 276 g/mol. The highest BCUT2D eigenvalue weighted by Gasteiger charge is 2.17. The van der Waals surface area contributed by atoms with Crippen molar-refractivity contribution in [3.63, 3.8) is 0 Å². The van der Waals surface area contributed by atoms with Gasteiger partial charge in [-0.2, -0.15) is 0 Å². The molecule has 1 aliphatic carbocycles. The molecule has 0 bridgehead atoms. The quantitative estimate of drug-likeness (QED) is 0.832. The van der Waals surface area contributed by atoms with E-state index in [0.717, 1.165) is 42.9 Å². The molecule has 0 amide bonds. The molecule has 0 aromatic carbocycles. The van der Waals surface area contributed by atoms with E-state index in [2.05, 4.69) is 29.1 Å². The number of nitrogens with one attached hydrogen (secondary N) is 1. The van der Waals surface area contributed by atoms with Crippen LogP contribution in [0.5, 0.6) is 0 Å². The molecule has 0 radical (unpaired) electrons. The van der Waals surface area contributed by atoms with Crippen molar-refractivity contribution in [2.45, 2.75) is 58.8 Å². The monoisotopic (exact) mass is 276 g/mol. The molecule has 3 N–H and O–H groups in total. The second-order valence-corrected chi connectivity index (χ2v) is 6.19. The molecule has 1 saturated carbocycles. The third-order valence-electron chi connectivity index (χ3n) is 4.26. The van der Waals surface area contributed by atoms with Gasteiger partial charge in [-0.3, -0.25) is 0 Å². The highest BCUT2D eigenvalue weighted by atomic mass is 15.0. The van der Waals surface area contributed by atoms with Gasteiger partial charge in [-0.15, -0.1) is 0 Å². The van der Waals surface area contributed by atoms with Crippen LogP contribution < -0.4 is 11.1 Å². The molecule has 0 spiro atoms. The Kier molecular flexibility index (Phi) is 5.62. The SMILES string of the molecule is CCCc1nc(N)cc(NCCC2CCC(C)CC2)n1. The summed E-state index contributed by atoms with van der Waals surface area (Å²) in [5, 5.41) is 3.41. The van der Waals surface area contributed by atoms with E-state index in [9.17, 15) is 0 Å². The Labute approximate surface area is 122 Å². The van der Waals surface area contributed by atoms with E-state index < -0.39 is 0 Å². The Morgan fingerprint density at radius 1 is 1.25 bits per heavy atom. The maximum Gasteiger partial charge on any atom is 0.133 e. The number of anilines is 2. The van der Waals surface area contributed by atoms with Crippen molar-refractivity contribution in [1.82, 2.24) is 9.97 Å². The minimum atomic E-state index is 0.567. The van der Waals surface area contributed by atoms with Gasteiger partial charge in [0, 0.05) is 19.0 Å². The predicted molar refractivity (Wildman–Crippen MR) is 84.7 cm³/mol. The molecule has 4 nitrogen and oxygen atoms in total. The van der Waals surface area contributed by atoms with Gasteiger partial charge >= 0.3 is 0 Å². The topological polar surface area (TPSA) is 63.8 Å². The average Bonchev–Trinajstić information content (AvgIpc) is 2.41. The molecule has 1 aromatic heterocycles. The molecule has 112 valence electrons. The normalized spacial score (nSPS) is 22.7. The minimum absolute atomic E-state index is 0.567. The summed E-state index contributed by atoms with van der Waals surface area (Å²) in [6.07, 6.45) is 8.73. The number of nitrogens with two attached hydrogens (primary N) is 1. The number of nitrogens with zero attached hydrogens (tertiary/aromatic N) is 2. The van der Waals surface area contributed by atoms with Gasteiger partial charge in [-0.25, -0.2) is 9.97 Å². The van der Waals surface area contributed by atoms with Crippen molar-refractivity contribution in [2.75, 3.05) is 17.6 Å². The van der Waals surface area contributed by atoms with Gasteiger partial charge < -0.3 is 11.1 Å². The molecule has 0 atom stereocenters. The van der Waals surface area contributed by atoms with Gasteiger partial charge in [-0.1, -0.05) is 39.5 Å². The van der Waals surface area contributed by atoms with E-state index in [-0.39, 0.29) is 0 Å². The summed E-state index contributed by atoms with van der Waals surface area (Å²) in [4.78, 5) is 8.77. The largest absolute Gasteiger partial charge is 0.384 e. The van der Waals surface area contributed by atoms with Crippen molar-refractivity contribution < 1.29 is 0 Å². The summed E-state index contributed by atoms with van der Waals surface area (Å²) in [5.41, 5.74) is 5.83. The number of rotatable bonds is 6. The van der Waals surface area contributed by atoms with Crippen LogP contribution in [0.1, 0.15) is 58.2 Å². The Balaban J connectivity index is 1.78. The van der Waals surface area contributed by atoms with E-state index in [1.807, 2.05) is 6.07 Å². The third kappa shape index (κ3) is 4.66. The first-order valence-corrected chi connectivity index (χ1v) is 8.04. The van der Waals surface area contributed by atoms with Crippen molar-refractivity contribution in [1.29, 1.82) is 0 Å². The Morgan fingerprint density at radius 2 is 2.00 bits per heavy atom. The van der Waals surface area contributed by atoms with Crippen molar-refractivity contribution >= 4 is 11.6 Å². The molecule has 2 rings (SSSR count). The van der Waals surface area contributed by atoms with Gasteiger partial charge in [0.2, 0.25) is 0 Å². The molecular weight excluding hydrogens is 248 g/mol. The Morgan fingerprint density at radius 3 is 2.70 bits per heavy atom. The molecule has 4 heteroatoms. The van der Waals surface area contributed by atoms with Crippen LogP contribution in [0.25, 0.3) is 0 Å². The third-order valence-corrected chi connectivity index (χ3v) is 4.26. The van der Waals surface area contributed by atoms with Gasteiger partial charge in [0.25, 0.3) is 0 Å². The van der Waals surface area contributed by atoms with Crippen molar-refractivity contribution in [3.05, 3.63) is 11.9 Å². The lowest BCUT2D eigenvalue weighted by Gasteiger charge is -2.26. The van der Waals surface area contributed by atoms with Gasteiger partial charge in [-0.05, 0) is 24.7 Å². The number of hydrogen-bond donors (Lipinski definition) is 2. The second kappa shape index (κ2) is 7.46. The first-order chi connectivity index (χ1) is 9.67. The lowest BCUT2D eigenvalue weighted by atomic mass is 9.81. The van der Waals surface area contributed by atoms with Crippen LogP contribution in [0.3, 0.4) is 0 Å². The summed E-state index contributed by atoms with van der Waals surface area (Å²) >= 11 is 0. The number of aryl methyl sites for hydroxylation is 1. The lowest BCUT2D eigenvalue weighted by Crippen LogP contribution is -2.16. The molecule has 1 aromatic rings. The maximum absolute atomic E-state index is 5.83. The van der Waals surface area contributed by atoms with Crippen molar-refractivity contribution in [3.8, 4) is 0 Å². The molecule has 1 aliphatic rings. The van der Waals surface area contributed by atoms with Crippen LogP contribution in [0, 0.1) is 11.8 Å². The first kappa shape index (κ1) is 15.1. The summed E-state index contributed by atoms with van der Waals surface area (Å²) in [6, 6.07) is 1.84. The molecule has 1 fully saturated rings. The highest BCUT2D eigenvalue weighted by Crippen LogP contribution is 2.30. The maximum atomic E-state index is 5.83. The van der Waals surface area contributed by atoms with Gasteiger partial charge in [0.1, 0.15) is 17.5 Å². The Bertz CT molecular complexity index is 411. The van der Waals surface area contributed by atoms with Crippen LogP contribution >= 0.6 is 0 Å². The predicted octanol–water partition coefficient (Wildman–Crippen LogP) is 3.64. The van der Waals surface area contributed by atoms with E-state index in [1.54, 1.807) is 0 Å². The zero-order valence-corrected chi connectivity index (χ0v) is 12.9.